The van der Waals surface area contributed by atoms with E-state index >= 15 is 0 Å². The van der Waals surface area contributed by atoms with E-state index in [0.29, 0.717) is 0 Å². The second-order valence-corrected chi connectivity index (χ2v) is 7.58. The van der Waals surface area contributed by atoms with Crippen molar-refractivity contribution in [2.24, 2.45) is 0 Å². The van der Waals surface area contributed by atoms with Gasteiger partial charge in [0.25, 0.3) is 0 Å². The standard InChI is InChI=1S/C25H28O/c1-2-3-4-5-6-7-11-23(26)21-16-14-20-13-12-18-9-8-10-19-15-17-22(21)25(20)24(18)19/h8-10,12-17,23,26H,2-7,11H2,1H3. The molecule has 0 aromatic heterocycles. The van der Waals surface area contributed by atoms with Crippen LogP contribution in [0, 0.1) is 0 Å². The Labute approximate surface area is 156 Å². The fraction of sp³-hybridized carbons (Fsp3) is 0.360. The minimum atomic E-state index is -0.370. The van der Waals surface area contributed by atoms with Gasteiger partial charge in [-0.25, -0.2) is 0 Å². The third kappa shape index (κ3) is 3.17. The summed E-state index contributed by atoms with van der Waals surface area (Å²) < 4.78 is 0. The first kappa shape index (κ1) is 17.3. The molecule has 0 saturated heterocycles. The van der Waals surface area contributed by atoms with Crippen molar-refractivity contribution in [3.63, 3.8) is 0 Å². The molecule has 4 aromatic rings. The average Bonchev–Trinajstić information content (AvgIpc) is 2.68. The van der Waals surface area contributed by atoms with E-state index in [4.69, 9.17) is 0 Å². The van der Waals surface area contributed by atoms with Crippen molar-refractivity contribution in [2.75, 3.05) is 0 Å². The summed E-state index contributed by atoms with van der Waals surface area (Å²) in [7, 11) is 0. The largest absolute Gasteiger partial charge is 0.388 e. The van der Waals surface area contributed by atoms with E-state index in [-0.39, 0.29) is 6.10 Å². The second kappa shape index (κ2) is 7.63. The number of benzene rings is 4. The first-order valence-electron chi connectivity index (χ1n) is 10.1. The maximum Gasteiger partial charge on any atom is 0.0796 e. The van der Waals surface area contributed by atoms with Crippen LogP contribution in [0.3, 0.4) is 0 Å². The highest BCUT2D eigenvalue weighted by molar-refractivity contribution is 6.23. The van der Waals surface area contributed by atoms with Gasteiger partial charge in [0.05, 0.1) is 6.10 Å². The summed E-state index contributed by atoms with van der Waals surface area (Å²) in [6.07, 6.45) is 8.05. The van der Waals surface area contributed by atoms with E-state index in [1.54, 1.807) is 0 Å². The van der Waals surface area contributed by atoms with Crippen molar-refractivity contribution in [3.05, 3.63) is 60.2 Å². The van der Waals surface area contributed by atoms with Crippen molar-refractivity contribution < 1.29 is 5.11 Å². The summed E-state index contributed by atoms with van der Waals surface area (Å²) in [6.45, 7) is 2.25. The number of hydrogen-bond acceptors (Lipinski definition) is 1. The zero-order valence-electron chi connectivity index (χ0n) is 15.7. The van der Waals surface area contributed by atoms with Gasteiger partial charge >= 0.3 is 0 Å². The fourth-order valence-electron chi connectivity index (χ4n) is 4.32. The molecular weight excluding hydrogens is 316 g/mol. The normalized spacial score (nSPS) is 13.2. The van der Waals surface area contributed by atoms with E-state index in [1.165, 1.54) is 64.4 Å². The third-order valence-corrected chi connectivity index (χ3v) is 5.75. The third-order valence-electron chi connectivity index (χ3n) is 5.75. The maximum atomic E-state index is 10.9. The number of hydrogen-bond donors (Lipinski definition) is 1. The van der Waals surface area contributed by atoms with Crippen molar-refractivity contribution in [1.82, 2.24) is 0 Å². The van der Waals surface area contributed by atoms with Crippen LogP contribution in [0.4, 0.5) is 0 Å². The van der Waals surface area contributed by atoms with Gasteiger partial charge in [0.1, 0.15) is 0 Å². The highest BCUT2D eigenvalue weighted by Gasteiger charge is 2.15. The number of aliphatic hydroxyl groups is 1. The molecule has 0 bridgehead atoms. The molecule has 0 spiro atoms. The first-order chi connectivity index (χ1) is 12.8. The van der Waals surface area contributed by atoms with Gasteiger partial charge in [-0.3, -0.25) is 0 Å². The van der Waals surface area contributed by atoms with Crippen LogP contribution in [0.5, 0.6) is 0 Å². The number of rotatable bonds is 8. The van der Waals surface area contributed by atoms with Crippen LogP contribution in [0.15, 0.2) is 54.6 Å². The zero-order chi connectivity index (χ0) is 17.9. The zero-order valence-corrected chi connectivity index (χ0v) is 15.7. The predicted molar refractivity (Wildman–Crippen MR) is 113 cm³/mol. The molecule has 1 heteroatoms. The lowest BCUT2D eigenvalue weighted by Gasteiger charge is -2.17. The summed E-state index contributed by atoms with van der Waals surface area (Å²) in [4.78, 5) is 0. The number of aliphatic hydroxyl groups excluding tert-OH is 1. The van der Waals surface area contributed by atoms with E-state index in [2.05, 4.69) is 61.5 Å². The molecule has 26 heavy (non-hydrogen) atoms. The van der Waals surface area contributed by atoms with Gasteiger partial charge in [-0.15, -0.1) is 0 Å². The van der Waals surface area contributed by atoms with Gasteiger partial charge in [-0.05, 0) is 44.3 Å². The molecule has 0 heterocycles. The first-order valence-corrected chi connectivity index (χ1v) is 10.1. The maximum absolute atomic E-state index is 10.9. The SMILES string of the molecule is CCCCCCCCC(O)c1ccc2ccc3cccc4ccc1c2c34. The molecule has 4 aromatic carbocycles. The van der Waals surface area contributed by atoms with Gasteiger partial charge in [0, 0.05) is 0 Å². The summed E-state index contributed by atoms with van der Waals surface area (Å²) >= 11 is 0. The summed E-state index contributed by atoms with van der Waals surface area (Å²) in [5.41, 5.74) is 1.09. The molecule has 1 atom stereocenters. The van der Waals surface area contributed by atoms with Crippen LogP contribution in [-0.2, 0) is 0 Å². The summed E-state index contributed by atoms with van der Waals surface area (Å²) in [6, 6.07) is 19.6. The molecular formula is C25H28O. The second-order valence-electron chi connectivity index (χ2n) is 7.58. The smallest absolute Gasteiger partial charge is 0.0796 e. The highest BCUT2D eigenvalue weighted by Crippen LogP contribution is 2.38. The Bertz CT molecular complexity index is 985. The van der Waals surface area contributed by atoms with Crippen LogP contribution >= 0.6 is 0 Å². The predicted octanol–water partition coefficient (Wildman–Crippen LogP) is 7.37. The molecule has 0 aliphatic carbocycles. The Kier molecular flexibility index (Phi) is 5.08. The van der Waals surface area contributed by atoms with Crippen LogP contribution in [0.2, 0.25) is 0 Å². The summed E-state index contributed by atoms with van der Waals surface area (Å²) in [5, 5.41) is 18.5. The molecule has 1 nitrogen and oxygen atoms in total. The van der Waals surface area contributed by atoms with Crippen molar-refractivity contribution >= 4 is 32.3 Å². The molecule has 1 N–H and O–H groups in total. The van der Waals surface area contributed by atoms with E-state index in [9.17, 15) is 5.11 Å². The van der Waals surface area contributed by atoms with E-state index < -0.39 is 0 Å². The Morgan fingerprint density at radius 2 is 1.31 bits per heavy atom. The Morgan fingerprint density at radius 3 is 2.08 bits per heavy atom. The molecule has 1 unspecified atom stereocenters. The number of unbranched alkanes of at least 4 members (excludes halogenated alkanes) is 5. The molecule has 0 aliphatic heterocycles. The lowest BCUT2D eigenvalue weighted by Crippen LogP contribution is -1.99. The molecule has 0 saturated carbocycles. The summed E-state index contributed by atoms with van der Waals surface area (Å²) in [5.74, 6) is 0. The fourth-order valence-corrected chi connectivity index (χ4v) is 4.32. The van der Waals surface area contributed by atoms with Gasteiger partial charge in [-0.2, -0.15) is 0 Å². The minimum absolute atomic E-state index is 0.370. The Hall–Kier alpha value is -2.12. The molecule has 0 amide bonds. The highest BCUT2D eigenvalue weighted by atomic mass is 16.3. The van der Waals surface area contributed by atoms with Gasteiger partial charge in [0.2, 0.25) is 0 Å². The van der Waals surface area contributed by atoms with Gasteiger partial charge in [0.15, 0.2) is 0 Å². The van der Waals surface area contributed by atoms with Crippen molar-refractivity contribution in [3.8, 4) is 0 Å². The lowest BCUT2D eigenvalue weighted by atomic mass is 9.89. The van der Waals surface area contributed by atoms with E-state index in [1.807, 2.05) is 0 Å². The average molecular weight is 344 g/mol. The van der Waals surface area contributed by atoms with Crippen molar-refractivity contribution in [1.29, 1.82) is 0 Å². The topological polar surface area (TPSA) is 20.2 Å². The van der Waals surface area contributed by atoms with Gasteiger partial charge < -0.3 is 5.11 Å². The Balaban J connectivity index is 1.63. The molecule has 0 fully saturated rings. The quantitative estimate of drug-likeness (QED) is 0.261. The molecule has 0 aliphatic rings. The Morgan fingerprint density at radius 1 is 0.692 bits per heavy atom. The van der Waals surface area contributed by atoms with Crippen LogP contribution < -0.4 is 0 Å². The molecule has 4 rings (SSSR count). The monoisotopic (exact) mass is 344 g/mol. The van der Waals surface area contributed by atoms with Crippen LogP contribution in [-0.4, -0.2) is 5.11 Å². The van der Waals surface area contributed by atoms with E-state index in [0.717, 1.165) is 18.4 Å². The van der Waals surface area contributed by atoms with Crippen LogP contribution in [0.1, 0.15) is 63.5 Å². The molecule has 134 valence electrons. The van der Waals surface area contributed by atoms with Crippen molar-refractivity contribution in [2.45, 2.75) is 58.0 Å². The minimum Gasteiger partial charge on any atom is -0.388 e. The molecule has 0 radical (unpaired) electrons. The van der Waals surface area contributed by atoms with Gasteiger partial charge in [-0.1, -0.05) is 100 Å². The lowest BCUT2D eigenvalue weighted by molar-refractivity contribution is 0.165. The van der Waals surface area contributed by atoms with Crippen LogP contribution in [0.25, 0.3) is 32.3 Å².